The fourth-order valence-corrected chi connectivity index (χ4v) is 1.51. The van der Waals surface area contributed by atoms with E-state index in [0.29, 0.717) is 18.6 Å². The zero-order valence-electron chi connectivity index (χ0n) is 9.05. The molecule has 0 aliphatic rings. The van der Waals surface area contributed by atoms with Crippen LogP contribution in [0.3, 0.4) is 0 Å². The number of hydrogen-bond acceptors (Lipinski definition) is 2. The number of alkyl halides is 1. The summed E-state index contributed by atoms with van der Waals surface area (Å²) in [7, 11) is 0. The van der Waals surface area contributed by atoms with Gasteiger partial charge in [0.2, 0.25) is 0 Å². The molecule has 0 N–H and O–H groups in total. The SMILES string of the molecule is Cc1cc(C=O)cc(C)c1OCCCF. The van der Waals surface area contributed by atoms with Gasteiger partial charge in [-0.25, -0.2) is 0 Å². The second-order valence-corrected chi connectivity index (χ2v) is 3.49. The molecule has 82 valence electrons. The lowest BCUT2D eigenvalue weighted by molar-refractivity contribution is 0.112. The van der Waals surface area contributed by atoms with Gasteiger partial charge in [-0.05, 0) is 37.1 Å². The molecule has 3 heteroatoms. The molecule has 0 aromatic heterocycles. The highest BCUT2D eigenvalue weighted by Crippen LogP contribution is 2.24. The molecule has 0 saturated heterocycles. The number of benzene rings is 1. The Bertz CT molecular complexity index is 324. The van der Waals surface area contributed by atoms with Gasteiger partial charge in [0.15, 0.2) is 0 Å². The van der Waals surface area contributed by atoms with E-state index in [1.165, 1.54) is 0 Å². The molecule has 2 nitrogen and oxygen atoms in total. The second kappa shape index (κ2) is 5.49. The Balaban J connectivity index is 2.83. The van der Waals surface area contributed by atoms with E-state index in [9.17, 15) is 9.18 Å². The monoisotopic (exact) mass is 210 g/mol. The third-order valence-corrected chi connectivity index (χ3v) is 2.14. The van der Waals surface area contributed by atoms with Gasteiger partial charge >= 0.3 is 0 Å². The minimum atomic E-state index is -0.371. The Morgan fingerprint density at radius 1 is 1.33 bits per heavy atom. The number of halogens is 1. The van der Waals surface area contributed by atoms with Gasteiger partial charge in [-0.1, -0.05) is 0 Å². The highest BCUT2D eigenvalue weighted by atomic mass is 19.1. The molecule has 0 unspecified atom stereocenters. The van der Waals surface area contributed by atoms with Crippen molar-refractivity contribution in [2.75, 3.05) is 13.3 Å². The average molecular weight is 210 g/mol. The first-order valence-electron chi connectivity index (χ1n) is 4.94. The minimum absolute atomic E-state index is 0.371. The van der Waals surface area contributed by atoms with E-state index in [0.717, 1.165) is 23.2 Å². The summed E-state index contributed by atoms with van der Waals surface area (Å²) >= 11 is 0. The maximum Gasteiger partial charge on any atom is 0.150 e. The molecule has 0 saturated carbocycles. The van der Waals surface area contributed by atoms with Crippen molar-refractivity contribution in [3.05, 3.63) is 28.8 Å². The van der Waals surface area contributed by atoms with Gasteiger partial charge in [0.1, 0.15) is 12.0 Å². The van der Waals surface area contributed by atoms with Crippen molar-refractivity contribution >= 4 is 6.29 Å². The molecular formula is C12H15FO2. The third-order valence-electron chi connectivity index (χ3n) is 2.14. The summed E-state index contributed by atoms with van der Waals surface area (Å²) in [5, 5.41) is 0. The first-order chi connectivity index (χ1) is 7.19. The first kappa shape index (κ1) is 11.7. The van der Waals surface area contributed by atoms with Crippen LogP contribution in [0.4, 0.5) is 4.39 Å². The fraction of sp³-hybridized carbons (Fsp3) is 0.417. The number of hydrogen-bond donors (Lipinski definition) is 0. The molecule has 1 aromatic carbocycles. The Morgan fingerprint density at radius 2 is 1.93 bits per heavy atom. The molecule has 0 fully saturated rings. The number of aldehydes is 1. The van der Waals surface area contributed by atoms with Gasteiger partial charge in [-0.2, -0.15) is 0 Å². The topological polar surface area (TPSA) is 26.3 Å². The van der Waals surface area contributed by atoms with E-state index in [2.05, 4.69) is 0 Å². The summed E-state index contributed by atoms with van der Waals surface area (Å²) in [4.78, 5) is 10.6. The smallest absolute Gasteiger partial charge is 0.150 e. The standard InChI is InChI=1S/C12H15FO2/c1-9-6-11(8-14)7-10(2)12(9)15-5-3-4-13/h6-8H,3-5H2,1-2H3. The molecule has 0 bridgehead atoms. The molecular weight excluding hydrogens is 195 g/mol. The summed E-state index contributed by atoms with van der Waals surface area (Å²) in [6.45, 7) is 3.76. The molecule has 0 spiro atoms. The molecule has 15 heavy (non-hydrogen) atoms. The Hall–Kier alpha value is -1.38. The van der Waals surface area contributed by atoms with Gasteiger partial charge < -0.3 is 4.74 Å². The number of ether oxygens (including phenoxy) is 1. The van der Waals surface area contributed by atoms with Crippen LogP contribution >= 0.6 is 0 Å². The van der Waals surface area contributed by atoms with Crippen molar-refractivity contribution in [1.82, 2.24) is 0 Å². The molecule has 1 aromatic rings. The molecule has 0 atom stereocenters. The highest BCUT2D eigenvalue weighted by molar-refractivity contribution is 5.76. The van der Waals surface area contributed by atoms with Crippen molar-refractivity contribution in [2.24, 2.45) is 0 Å². The van der Waals surface area contributed by atoms with Crippen molar-refractivity contribution in [2.45, 2.75) is 20.3 Å². The summed E-state index contributed by atoms with van der Waals surface area (Å²) in [6, 6.07) is 3.54. The van der Waals surface area contributed by atoms with Crippen LogP contribution in [0.1, 0.15) is 27.9 Å². The predicted molar refractivity (Wildman–Crippen MR) is 57.4 cm³/mol. The third kappa shape index (κ3) is 3.05. The van der Waals surface area contributed by atoms with E-state index in [1.807, 2.05) is 13.8 Å². The minimum Gasteiger partial charge on any atom is -0.493 e. The van der Waals surface area contributed by atoms with E-state index < -0.39 is 0 Å². The predicted octanol–water partition coefficient (Wildman–Crippen LogP) is 2.85. The Morgan fingerprint density at radius 3 is 2.40 bits per heavy atom. The lowest BCUT2D eigenvalue weighted by Gasteiger charge is -2.11. The number of aryl methyl sites for hydroxylation is 2. The average Bonchev–Trinajstić information content (AvgIpc) is 2.22. The van der Waals surface area contributed by atoms with E-state index in [-0.39, 0.29) is 6.67 Å². The lowest BCUT2D eigenvalue weighted by atomic mass is 10.1. The van der Waals surface area contributed by atoms with Gasteiger partial charge in [0.25, 0.3) is 0 Å². The second-order valence-electron chi connectivity index (χ2n) is 3.49. The first-order valence-corrected chi connectivity index (χ1v) is 4.94. The van der Waals surface area contributed by atoms with Gasteiger partial charge in [0.05, 0.1) is 13.3 Å². The molecule has 0 aliphatic heterocycles. The Labute approximate surface area is 89.1 Å². The van der Waals surface area contributed by atoms with Crippen LogP contribution in [-0.4, -0.2) is 19.6 Å². The quantitative estimate of drug-likeness (QED) is 0.551. The van der Waals surface area contributed by atoms with Crippen LogP contribution in [0, 0.1) is 13.8 Å². The van der Waals surface area contributed by atoms with Gasteiger partial charge in [-0.3, -0.25) is 9.18 Å². The van der Waals surface area contributed by atoms with E-state index in [4.69, 9.17) is 4.74 Å². The molecule has 1 rings (SSSR count). The van der Waals surface area contributed by atoms with E-state index >= 15 is 0 Å². The maximum atomic E-state index is 11.9. The van der Waals surface area contributed by atoms with Crippen LogP contribution < -0.4 is 4.74 Å². The van der Waals surface area contributed by atoms with Gasteiger partial charge in [0, 0.05) is 12.0 Å². The summed E-state index contributed by atoms with van der Waals surface area (Å²) in [5.74, 6) is 0.758. The van der Waals surface area contributed by atoms with Crippen LogP contribution in [0.15, 0.2) is 12.1 Å². The highest BCUT2D eigenvalue weighted by Gasteiger charge is 2.05. The molecule has 0 heterocycles. The zero-order valence-corrected chi connectivity index (χ0v) is 9.05. The van der Waals surface area contributed by atoms with Crippen molar-refractivity contribution in [1.29, 1.82) is 0 Å². The molecule has 0 aliphatic carbocycles. The summed E-state index contributed by atoms with van der Waals surface area (Å²) < 4.78 is 17.3. The molecule has 0 radical (unpaired) electrons. The van der Waals surface area contributed by atoms with E-state index in [1.54, 1.807) is 12.1 Å². The normalized spacial score (nSPS) is 10.1. The van der Waals surface area contributed by atoms with Crippen molar-refractivity contribution in [3.8, 4) is 5.75 Å². The molecule has 0 amide bonds. The van der Waals surface area contributed by atoms with Crippen molar-refractivity contribution in [3.63, 3.8) is 0 Å². The number of rotatable bonds is 5. The van der Waals surface area contributed by atoms with Crippen LogP contribution in [0.2, 0.25) is 0 Å². The summed E-state index contributed by atoms with van der Waals surface area (Å²) in [5.41, 5.74) is 2.47. The largest absolute Gasteiger partial charge is 0.493 e. The van der Waals surface area contributed by atoms with Crippen LogP contribution in [-0.2, 0) is 0 Å². The maximum absolute atomic E-state index is 11.9. The fourth-order valence-electron chi connectivity index (χ4n) is 1.51. The van der Waals surface area contributed by atoms with Crippen LogP contribution in [0.5, 0.6) is 5.75 Å². The lowest BCUT2D eigenvalue weighted by Crippen LogP contribution is -2.02. The summed E-state index contributed by atoms with van der Waals surface area (Å²) in [6.07, 6.45) is 1.21. The van der Waals surface area contributed by atoms with Crippen LogP contribution in [0.25, 0.3) is 0 Å². The zero-order chi connectivity index (χ0) is 11.3. The number of carbonyl (C=O) groups is 1. The Kier molecular flexibility index (Phi) is 4.28. The van der Waals surface area contributed by atoms with Gasteiger partial charge in [-0.15, -0.1) is 0 Å². The number of carbonyl (C=O) groups excluding carboxylic acids is 1. The van der Waals surface area contributed by atoms with Crippen molar-refractivity contribution < 1.29 is 13.9 Å².